The first-order valence-electron chi connectivity index (χ1n) is 6.45. The molecule has 6 nitrogen and oxygen atoms in total. The summed E-state index contributed by atoms with van der Waals surface area (Å²) in [7, 11) is -7.71. The Morgan fingerprint density at radius 1 is 0.913 bits per heavy atom. The number of ketones is 1. The second kappa shape index (κ2) is 6.13. The first-order chi connectivity index (χ1) is 10.6. The minimum atomic E-state index is -4.18. The molecular weight excluding hydrogens is 340 g/mol. The van der Waals surface area contributed by atoms with E-state index in [4.69, 9.17) is 4.18 Å². The van der Waals surface area contributed by atoms with E-state index in [9.17, 15) is 21.6 Å². The summed E-state index contributed by atoms with van der Waals surface area (Å²) in [6.45, 7) is 1.39. The first kappa shape index (κ1) is 17.2. The lowest BCUT2D eigenvalue weighted by molar-refractivity contribution is 0.101. The number of benzene rings is 2. The highest BCUT2D eigenvalue weighted by atomic mass is 32.2. The van der Waals surface area contributed by atoms with Gasteiger partial charge in [0.2, 0.25) is 0 Å². The van der Waals surface area contributed by atoms with Gasteiger partial charge in [-0.15, -0.1) is 0 Å². The highest BCUT2D eigenvalue weighted by Crippen LogP contribution is 2.21. The number of Topliss-reactive ketones (excluding diaryl/α,β-unsaturated/α-hetero) is 1. The molecule has 0 atom stereocenters. The van der Waals surface area contributed by atoms with Crippen molar-refractivity contribution in [2.75, 3.05) is 6.26 Å². The van der Waals surface area contributed by atoms with E-state index in [-0.39, 0.29) is 21.3 Å². The average molecular weight is 354 g/mol. The van der Waals surface area contributed by atoms with Gasteiger partial charge in [-0.3, -0.25) is 4.79 Å². The topological polar surface area (TPSA) is 94.6 Å². The molecule has 0 N–H and O–H groups in total. The molecule has 0 spiro atoms. The minimum Gasteiger partial charge on any atom is -0.379 e. The summed E-state index contributed by atoms with van der Waals surface area (Å²) in [4.78, 5) is 10.8. The third kappa shape index (κ3) is 4.17. The summed E-state index contributed by atoms with van der Waals surface area (Å²) < 4.78 is 52.4. The number of rotatable bonds is 5. The van der Waals surface area contributed by atoms with Gasteiger partial charge in [0.15, 0.2) is 15.6 Å². The van der Waals surface area contributed by atoms with Crippen molar-refractivity contribution in [3.05, 3.63) is 54.1 Å². The Kier molecular flexibility index (Phi) is 4.58. The molecule has 0 aliphatic rings. The van der Waals surface area contributed by atoms with Crippen LogP contribution in [0.4, 0.5) is 0 Å². The van der Waals surface area contributed by atoms with Gasteiger partial charge < -0.3 is 4.18 Å². The van der Waals surface area contributed by atoms with E-state index in [1.54, 1.807) is 0 Å². The Morgan fingerprint density at radius 3 is 2.00 bits per heavy atom. The van der Waals surface area contributed by atoms with E-state index in [2.05, 4.69) is 0 Å². The SMILES string of the molecule is CC(=O)c1ccc(OS(=O)(=O)c2cccc(S(C)(=O)=O)c2)cc1. The smallest absolute Gasteiger partial charge is 0.339 e. The molecule has 2 aromatic rings. The van der Waals surface area contributed by atoms with Gasteiger partial charge in [-0.25, -0.2) is 8.42 Å². The standard InChI is InChI=1S/C15H14O6S2/c1-11(16)12-6-8-13(9-7-12)21-23(19,20)15-5-3-4-14(10-15)22(2,17)18/h3-10H,1-2H3. The fourth-order valence-electron chi connectivity index (χ4n) is 1.78. The van der Waals surface area contributed by atoms with Crippen LogP contribution in [0.3, 0.4) is 0 Å². The van der Waals surface area contributed by atoms with Crippen LogP contribution in [0.25, 0.3) is 0 Å². The van der Waals surface area contributed by atoms with E-state index in [0.717, 1.165) is 12.3 Å². The molecule has 0 aliphatic heterocycles. The number of sulfone groups is 1. The second-order valence-electron chi connectivity index (χ2n) is 4.87. The van der Waals surface area contributed by atoms with Gasteiger partial charge >= 0.3 is 10.1 Å². The van der Waals surface area contributed by atoms with E-state index in [0.29, 0.717) is 5.56 Å². The molecule has 0 fully saturated rings. The summed E-state index contributed by atoms with van der Waals surface area (Å²) in [5.74, 6) is -0.125. The highest BCUT2D eigenvalue weighted by molar-refractivity contribution is 7.90. The minimum absolute atomic E-state index is 0.0276. The molecule has 2 aromatic carbocycles. The van der Waals surface area contributed by atoms with Gasteiger partial charge in [0.25, 0.3) is 0 Å². The molecule has 0 radical (unpaired) electrons. The zero-order valence-electron chi connectivity index (χ0n) is 12.4. The molecule has 0 saturated heterocycles. The van der Waals surface area contributed by atoms with Crippen molar-refractivity contribution in [3.8, 4) is 5.75 Å². The molecule has 0 heterocycles. The quantitative estimate of drug-likeness (QED) is 0.602. The Bertz CT molecular complexity index is 942. The number of carbonyl (C=O) groups is 1. The van der Waals surface area contributed by atoms with E-state index in [1.807, 2.05) is 0 Å². The van der Waals surface area contributed by atoms with Gasteiger partial charge in [-0.2, -0.15) is 8.42 Å². The lowest BCUT2D eigenvalue weighted by Gasteiger charge is -2.08. The average Bonchev–Trinajstić information content (AvgIpc) is 2.46. The van der Waals surface area contributed by atoms with Crippen LogP contribution >= 0.6 is 0 Å². The Balaban J connectivity index is 2.34. The number of hydrogen-bond donors (Lipinski definition) is 0. The maximum Gasteiger partial charge on any atom is 0.339 e. The molecule has 8 heteroatoms. The van der Waals surface area contributed by atoms with Gasteiger partial charge in [0.1, 0.15) is 10.6 Å². The molecule has 0 bridgehead atoms. The van der Waals surface area contributed by atoms with Gasteiger partial charge in [-0.1, -0.05) is 6.07 Å². The van der Waals surface area contributed by atoms with E-state index in [1.165, 1.54) is 49.4 Å². The van der Waals surface area contributed by atoms with Crippen molar-refractivity contribution >= 4 is 25.7 Å². The largest absolute Gasteiger partial charge is 0.379 e. The van der Waals surface area contributed by atoms with Crippen LogP contribution in [0.1, 0.15) is 17.3 Å². The predicted octanol–water partition coefficient (Wildman–Crippen LogP) is 2.06. The maximum absolute atomic E-state index is 12.2. The van der Waals surface area contributed by atoms with Crippen molar-refractivity contribution in [1.29, 1.82) is 0 Å². The lowest BCUT2D eigenvalue weighted by atomic mass is 10.1. The molecular formula is C15H14O6S2. The van der Waals surface area contributed by atoms with Crippen LogP contribution in [-0.2, 0) is 20.0 Å². The summed E-state index contributed by atoms with van der Waals surface area (Å²) in [5, 5.41) is 0. The van der Waals surface area contributed by atoms with Crippen molar-refractivity contribution in [3.63, 3.8) is 0 Å². The fraction of sp³-hybridized carbons (Fsp3) is 0.133. The molecule has 2 rings (SSSR count). The third-order valence-electron chi connectivity index (χ3n) is 2.99. The van der Waals surface area contributed by atoms with E-state index >= 15 is 0 Å². The Hall–Kier alpha value is -2.19. The molecule has 0 aromatic heterocycles. The normalized spacial score (nSPS) is 11.9. The first-order valence-corrected chi connectivity index (χ1v) is 9.75. The molecule has 0 amide bonds. The third-order valence-corrected chi connectivity index (χ3v) is 5.34. The summed E-state index contributed by atoms with van der Waals surface area (Å²) in [6, 6.07) is 10.5. The fourth-order valence-corrected chi connectivity index (χ4v) is 3.50. The predicted molar refractivity (Wildman–Crippen MR) is 83.8 cm³/mol. The summed E-state index contributed by atoms with van der Waals surface area (Å²) in [5.41, 5.74) is 0.425. The summed E-state index contributed by atoms with van der Waals surface area (Å²) >= 11 is 0. The number of hydrogen-bond acceptors (Lipinski definition) is 6. The van der Waals surface area contributed by atoms with Crippen LogP contribution in [-0.4, -0.2) is 28.9 Å². The van der Waals surface area contributed by atoms with Gasteiger partial charge in [-0.05, 0) is 49.4 Å². The highest BCUT2D eigenvalue weighted by Gasteiger charge is 2.19. The Morgan fingerprint density at radius 2 is 1.48 bits per heavy atom. The van der Waals surface area contributed by atoms with Crippen LogP contribution < -0.4 is 4.18 Å². The molecule has 0 aliphatic carbocycles. The summed E-state index contributed by atoms with van der Waals surface area (Å²) in [6.07, 6.45) is 0.986. The Labute approximate surface area is 134 Å². The van der Waals surface area contributed by atoms with E-state index < -0.39 is 20.0 Å². The zero-order chi connectivity index (χ0) is 17.3. The monoisotopic (exact) mass is 354 g/mol. The van der Waals surface area contributed by atoms with Crippen molar-refractivity contribution < 1.29 is 25.8 Å². The van der Waals surface area contributed by atoms with Crippen LogP contribution in [0.5, 0.6) is 5.75 Å². The number of carbonyl (C=O) groups excluding carboxylic acids is 1. The van der Waals surface area contributed by atoms with Crippen LogP contribution in [0.2, 0.25) is 0 Å². The van der Waals surface area contributed by atoms with Crippen molar-refractivity contribution in [2.24, 2.45) is 0 Å². The van der Waals surface area contributed by atoms with Crippen LogP contribution in [0, 0.1) is 0 Å². The van der Waals surface area contributed by atoms with Gasteiger partial charge in [0, 0.05) is 11.8 Å². The lowest BCUT2D eigenvalue weighted by Crippen LogP contribution is -2.11. The second-order valence-corrected chi connectivity index (χ2v) is 8.43. The molecule has 0 saturated carbocycles. The van der Waals surface area contributed by atoms with Crippen molar-refractivity contribution in [1.82, 2.24) is 0 Å². The van der Waals surface area contributed by atoms with Crippen molar-refractivity contribution in [2.45, 2.75) is 16.7 Å². The molecule has 23 heavy (non-hydrogen) atoms. The molecule has 122 valence electrons. The maximum atomic E-state index is 12.2. The van der Waals surface area contributed by atoms with Crippen LogP contribution in [0.15, 0.2) is 58.3 Å². The zero-order valence-corrected chi connectivity index (χ0v) is 14.0. The molecule has 0 unspecified atom stereocenters. The van der Waals surface area contributed by atoms with Gasteiger partial charge in [0.05, 0.1) is 4.90 Å².